The molecule has 162 valence electrons. The summed E-state index contributed by atoms with van der Waals surface area (Å²) in [5.74, 6) is 0.881. The number of nitrogens with two attached hydrogens (primary N) is 1. The molecule has 3 heterocycles. The van der Waals surface area contributed by atoms with Crippen molar-refractivity contribution in [2.75, 3.05) is 30.3 Å². The summed E-state index contributed by atoms with van der Waals surface area (Å²) in [6.07, 6.45) is -0.730. The number of anilines is 2. The molecule has 5 rings (SSSR count). The van der Waals surface area contributed by atoms with Crippen molar-refractivity contribution in [3.8, 4) is 0 Å². The second-order valence-electron chi connectivity index (χ2n) is 8.21. The molecule has 3 N–H and O–H groups in total. The molecule has 0 bridgehead atoms. The molecule has 1 spiro atoms. The fraction of sp³-hybridized carbons (Fsp3) is 0.381. The van der Waals surface area contributed by atoms with Crippen molar-refractivity contribution < 1.29 is 18.0 Å². The highest BCUT2D eigenvalue weighted by molar-refractivity contribution is 5.89. The van der Waals surface area contributed by atoms with Gasteiger partial charge in [-0.3, -0.25) is 4.79 Å². The number of rotatable bonds is 3. The smallest absolute Gasteiger partial charge is 0.368 e. The van der Waals surface area contributed by atoms with E-state index in [4.69, 9.17) is 5.73 Å². The number of aromatic nitrogens is 3. The summed E-state index contributed by atoms with van der Waals surface area (Å²) in [7, 11) is 0. The molecule has 1 saturated heterocycles. The Morgan fingerprint density at radius 2 is 1.87 bits per heavy atom. The monoisotopic (exact) mass is 430 g/mol. The summed E-state index contributed by atoms with van der Waals surface area (Å²) in [6.45, 7) is 1.76. The molecular formula is C21H21F3N6O. The molecule has 10 heteroatoms. The van der Waals surface area contributed by atoms with Gasteiger partial charge in [0.15, 0.2) is 0 Å². The Balaban J connectivity index is 1.32. The number of carbonyl (C=O) groups is 1. The van der Waals surface area contributed by atoms with Crippen LogP contribution in [0.3, 0.4) is 0 Å². The summed E-state index contributed by atoms with van der Waals surface area (Å²) < 4.78 is 38.3. The van der Waals surface area contributed by atoms with Gasteiger partial charge in [0, 0.05) is 25.8 Å². The Morgan fingerprint density at radius 3 is 2.55 bits per heavy atom. The molecular weight excluding hydrogens is 409 g/mol. The van der Waals surface area contributed by atoms with Crippen LogP contribution in [-0.4, -0.2) is 50.9 Å². The maximum atomic E-state index is 13.0. The van der Waals surface area contributed by atoms with Gasteiger partial charge < -0.3 is 20.5 Å². The molecule has 1 aliphatic carbocycles. The van der Waals surface area contributed by atoms with E-state index in [9.17, 15) is 18.0 Å². The van der Waals surface area contributed by atoms with Gasteiger partial charge in [-0.05, 0) is 36.6 Å². The number of piperazine rings is 1. The van der Waals surface area contributed by atoms with Crippen LogP contribution in [0.5, 0.6) is 0 Å². The number of fused-ring (bicyclic) bond motifs is 1. The molecule has 7 nitrogen and oxygen atoms in total. The lowest BCUT2D eigenvalue weighted by atomic mass is 10.0. The normalized spacial score (nSPS) is 18.0. The Labute approximate surface area is 176 Å². The first-order valence-electron chi connectivity index (χ1n) is 10.1. The van der Waals surface area contributed by atoms with E-state index in [1.807, 2.05) is 11.0 Å². The van der Waals surface area contributed by atoms with Crippen LogP contribution in [0.15, 0.2) is 36.5 Å². The van der Waals surface area contributed by atoms with Crippen molar-refractivity contribution >= 4 is 28.7 Å². The lowest BCUT2D eigenvalue weighted by Gasteiger charge is -2.43. The van der Waals surface area contributed by atoms with Crippen LogP contribution >= 0.6 is 0 Å². The maximum Gasteiger partial charge on any atom is 0.416 e. The highest BCUT2D eigenvalue weighted by atomic mass is 19.4. The van der Waals surface area contributed by atoms with Crippen molar-refractivity contribution in [1.29, 1.82) is 0 Å². The zero-order chi connectivity index (χ0) is 21.8. The highest BCUT2D eigenvalue weighted by Crippen LogP contribution is 2.45. The fourth-order valence-corrected chi connectivity index (χ4v) is 4.38. The summed E-state index contributed by atoms with van der Waals surface area (Å²) in [5, 5.41) is 0.884. The zero-order valence-corrected chi connectivity index (χ0v) is 16.6. The minimum absolute atomic E-state index is 0.0640. The molecule has 1 saturated carbocycles. The number of benzene rings is 1. The highest BCUT2D eigenvalue weighted by Gasteiger charge is 2.53. The van der Waals surface area contributed by atoms with Gasteiger partial charge in [0.1, 0.15) is 11.5 Å². The number of nitrogens with one attached hydrogen (secondary N) is 1. The van der Waals surface area contributed by atoms with Crippen LogP contribution in [0, 0.1) is 0 Å². The van der Waals surface area contributed by atoms with E-state index in [0.29, 0.717) is 30.8 Å². The second kappa shape index (κ2) is 6.86. The standard InChI is InChI=1S/C21H21F3N6O/c22-21(23,24)14-3-1-13(2-4-14)11-16(31)30-10-9-29(12-20(30)6-7-20)18-15-5-8-26-17(15)27-19(25)28-18/h1-5,8H,6-7,9-12H2,(H3,25,26,27,28). The van der Waals surface area contributed by atoms with Crippen LogP contribution < -0.4 is 10.6 Å². The molecule has 2 aliphatic rings. The molecule has 0 radical (unpaired) electrons. The SMILES string of the molecule is Nc1nc(N2CCN(C(=O)Cc3ccc(C(F)(F)F)cc3)C3(CC3)C2)c2cc[nH]c2n1. The summed E-state index contributed by atoms with van der Waals surface area (Å²) in [5.41, 5.74) is 6.15. The molecule has 1 amide bonds. The molecule has 2 fully saturated rings. The lowest BCUT2D eigenvalue weighted by Crippen LogP contribution is -2.57. The lowest BCUT2D eigenvalue weighted by molar-refractivity contribution is -0.137. The first kappa shape index (κ1) is 19.7. The number of alkyl halides is 3. The molecule has 0 atom stereocenters. The van der Waals surface area contributed by atoms with Gasteiger partial charge in [0.2, 0.25) is 11.9 Å². The van der Waals surface area contributed by atoms with Gasteiger partial charge in [0.05, 0.1) is 22.9 Å². The maximum absolute atomic E-state index is 13.0. The average molecular weight is 430 g/mol. The Hall–Kier alpha value is -3.30. The third-order valence-electron chi connectivity index (χ3n) is 6.13. The number of amides is 1. The minimum Gasteiger partial charge on any atom is -0.368 e. The van der Waals surface area contributed by atoms with E-state index >= 15 is 0 Å². The largest absolute Gasteiger partial charge is 0.416 e. The fourth-order valence-electron chi connectivity index (χ4n) is 4.38. The topological polar surface area (TPSA) is 91.1 Å². The summed E-state index contributed by atoms with van der Waals surface area (Å²) >= 11 is 0. The number of hydrogen-bond acceptors (Lipinski definition) is 5. The second-order valence-corrected chi connectivity index (χ2v) is 8.21. The number of H-pyrrole nitrogens is 1. The Morgan fingerprint density at radius 1 is 1.13 bits per heavy atom. The van der Waals surface area contributed by atoms with E-state index < -0.39 is 11.7 Å². The number of carbonyl (C=O) groups excluding carboxylic acids is 1. The number of aromatic amines is 1. The summed E-state index contributed by atoms with van der Waals surface area (Å²) in [6, 6.07) is 6.71. The quantitative estimate of drug-likeness (QED) is 0.667. The Kier molecular flexibility index (Phi) is 4.35. The molecule has 0 unspecified atom stereocenters. The predicted octanol–water partition coefficient (Wildman–Crippen LogP) is 2.98. The molecule has 2 aromatic heterocycles. The van der Waals surface area contributed by atoms with E-state index in [0.717, 1.165) is 36.2 Å². The molecule has 3 aromatic rings. The van der Waals surface area contributed by atoms with E-state index in [-0.39, 0.29) is 23.8 Å². The first-order valence-corrected chi connectivity index (χ1v) is 10.1. The van der Waals surface area contributed by atoms with Crippen LogP contribution in [0.2, 0.25) is 0 Å². The third-order valence-corrected chi connectivity index (χ3v) is 6.13. The predicted molar refractivity (Wildman–Crippen MR) is 109 cm³/mol. The molecule has 31 heavy (non-hydrogen) atoms. The molecule has 1 aliphatic heterocycles. The van der Waals surface area contributed by atoms with E-state index in [1.165, 1.54) is 12.1 Å². The number of halogens is 3. The number of nitrogens with zero attached hydrogens (tertiary/aromatic N) is 4. The van der Waals surface area contributed by atoms with Gasteiger partial charge in [-0.1, -0.05) is 12.1 Å². The van der Waals surface area contributed by atoms with Crippen molar-refractivity contribution in [3.63, 3.8) is 0 Å². The number of nitrogen functional groups attached to an aromatic ring is 1. The van der Waals surface area contributed by atoms with Crippen molar-refractivity contribution in [2.24, 2.45) is 0 Å². The van der Waals surface area contributed by atoms with Crippen molar-refractivity contribution in [2.45, 2.75) is 31.0 Å². The van der Waals surface area contributed by atoms with Crippen molar-refractivity contribution in [3.05, 3.63) is 47.7 Å². The van der Waals surface area contributed by atoms with Crippen LogP contribution in [-0.2, 0) is 17.4 Å². The Bertz CT molecular complexity index is 1140. The third kappa shape index (κ3) is 3.55. The first-order chi connectivity index (χ1) is 14.7. The van der Waals surface area contributed by atoms with Crippen molar-refractivity contribution in [1.82, 2.24) is 19.9 Å². The van der Waals surface area contributed by atoms with Crippen LogP contribution in [0.4, 0.5) is 24.9 Å². The molecule has 1 aromatic carbocycles. The van der Waals surface area contributed by atoms with Gasteiger partial charge in [-0.2, -0.15) is 23.1 Å². The van der Waals surface area contributed by atoms with Gasteiger partial charge in [-0.25, -0.2) is 0 Å². The van der Waals surface area contributed by atoms with Gasteiger partial charge in [0.25, 0.3) is 0 Å². The van der Waals surface area contributed by atoms with Gasteiger partial charge >= 0.3 is 6.18 Å². The van der Waals surface area contributed by atoms with E-state index in [1.54, 1.807) is 6.20 Å². The average Bonchev–Trinajstić information content (AvgIpc) is 3.30. The van der Waals surface area contributed by atoms with Crippen LogP contribution in [0.1, 0.15) is 24.0 Å². The van der Waals surface area contributed by atoms with Crippen LogP contribution in [0.25, 0.3) is 11.0 Å². The van der Waals surface area contributed by atoms with E-state index in [2.05, 4.69) is 19.9 Å². The summed E-state index contributed by atoms with van der Waals surface area (Å²) in [4.78, 5) is 28.7. The minimum atomic E-state index is -4.38. The van der Waals surface area contributed by atoms with Gasteiger partial charge in [-0.15, -0.1) is 0 Å². The zero-order valence-electron chi connectivity index (χ0n) is 16.6. The number of hydrogen-bond donors (Lipinski definition) is 2.